The fourth-order valence-electron chi connectivity index (χ4n) is 5.29. The Morgan fingerprint density at radius 1 is 0.575 bits per heavy atom. The minimum Gasteiger partial charge on any atom is -0.296 e. The Balaban J connectivity index is 1.75. The number of para-hydroxylation sites is 3. The maximum Gasteiger partial charge on any atom is 0.111 e. The third-order valence-corrected chi connectivity index (χ3v) is 6.91. The van der Waals surface area contributed by atoms with Gasteiger partial charge in [0, 0.05) is 9.68 Å². The zero-order valence-electron chi connectivity index (χ0n) is 38.5. The third-order valence-electron chi connectivity index (χ3n) is 6.91. The maximum atomic E-state index is 9.39. The molecule has 40 heavy (non-hydrogen) atoms. The van der Waals surface area contributed by atoms with Gasteiger partial charge in [-0.05, 0) is 74.1 Å². The first kappa shape index (κ1) is 11.1. The van der Waals surface area contributed by atoms with Crippen molar-refractivity contribution in [3.63, 3.8) is 0 Å². The summed E-state index contributed by atoms with van der Waals surface area (Å²) in [4.78, 5) is 4.41. The van der Waals surface area contributed by atoms with Crippen LogP contribution in [0.2, 0.25) is 0 Å². The Labute approximate surface area is 258 Å². The van der Waals surface area contributed by atoms with E-state index >= 15 is 0 Å². The number of hydrogen-bond donors (Lipinski definition) is 0. The van der Waals surface area contributed by atoms with Crippen molar-refractivity contribution in [2.24, 2.45) is 0 Å². The highest BCUT2D eigenvalue weighted by molar-refractivity contribution is 6.24. The molecule has 1 aromatic heterocycles. The molecule has 188 valence electrons. The largest absolute Gasteiger partial charge is 0.296 e. The third kappa shape index (κ3) is 3.33. The van der Waals surface area contributed by atoms with Crippen molar-refractivity contribution in [3.8, 4) is 27.9 Å². The monoisotopic (exact) mass is 528 g/mol. The second-order valence-corrected chi connectivity index (χ2v) is 9.03. The average molecular weight is 529 g/mol. The molecule has 0 radical (unpaired) electrons. The van der Waals surface area contributed by atoms with E-state index in [2.05, 4.69) is 4.98 Å². The molecule has 0 aliphatic carbocycles. The van der Waals surface area contributed by atoms with Crippen LogP contribution in [-0.2, 0) is 0 Å². The Hall–Kier alpha value is -5.21. The Bertz CT molecular complexity index is 3080. The van der Waals surface area contributed by atoms with Gasteiger partial charge in [-0.15, -0.1) is 0 Å². The first-order chi connectivity index (χ1) is 27.2. The molecule has 0 amide bonds. The second kappa shape index (κ2) is 8.93. The van der Waals surface area contributed by atoms with E-state index in [0.717, 1.165) is 0 Å². The van der Waals surface area contributed by atoms with E-state index in [1.54, 1.807) is 36.4 Å². The van der Waals surface area contributed by atoms with Crippen LogP contribution in [0.25, 0.3) is 71.3 Å². The van der Waals surface area contributed by atoms with Crippen LogP contribution in [0, 0.1) is 6.85 Å². The molecular formula is C38H26N2. The minimum atomic E-state index is -2.79. The highest BCUT2D eigenvalue weighted by atomic mass is 15.1. The summed E-state index contributed by atoms with van der Waals surface area (Å²) in [6.07, 6.45) is 0. The summed E-state index contributed by atoms with van der Waals surface area (Å²) in [6, 6.07) is 1.45. The minimum absolute atomic E-state index is 0.0633. The quantitative estimate of drug-likeness (QED) is 0.209. The average Bonchev–Trinajstić information content (AvgIpc) is 3.60. The SMILES string of the molecule is [2H]c1c([2H])c([2H])c2c(-c3c4c([2H])c([2H])c([2H])c([2H])c4c(-c4ccccc4-n4c(C([2H])([2H])[2H])nc5ccccc54)c4c([2H])c([2H])c([2H])c([2H])c34)c([2H])c([2H])c([2H])c2c1[2H]. The first-order valence-corrected chi connectivity index (χ1v) is 12.3. The van der Waals surface area contributed by atoms with Crippen molar-refractivity contribution in [2.75, 3.05) is 0 Å². The Kier molecular flexibility index (Phi) is 2.48. The van der Waals surface area contributed by atoms with Crippen molar-refractivity contribution >= 4 is 43.4 Å². The molecule has 0 saturated carbocycles. The molecule has 1 heterocycles. The van der Waals surface area contributed by atoms with E-state index in [0.29, 0.717) is 11.0 Å². The van der Waals surface area contributed by atoms with Crippen molar-refractivity contribution in [1.82, 2.24) is 9.55 Å². The zero-order valence-corrected chi connectivity index (χ0v) is 20.5. The standard InChI is InChI=1S/C38H26N2/c1-25-39-34-22-9-11-24-36(34)40(25)35-23-10-8-20-33(35)38-31-18-6-4-16-29(31)37(30-17-5-7-19-32(30)38)28-21-12-14-26-13-2-3-15-27(26)28/h2-24H,1H3/i1D3,2D,3D,4D,5D,6D,7D,12D,13D,14D,15D,16D,17D,18D,19D,21D. The van der Waals surface area contributed by atoms with Gasteiger partial charge in [-0.25, -0.2) is 4.98 Å². The lowest BCUT2D eigenvalue weighted by molar-refractivity contribution is 1.00. The van der Waals surface area contributed by atoms with Gasteiger partial charge < -0.3 is 0 Å². The van der Waals surface area contributed by atoms with Crippen molar-refractivity contribution in [2.45, 2.75) is 6.85 Å². The van der Waals surface area contributed by atoms with E-state index in [-0.39, 0.29) is 33.4 Å². The molecular weight excluding hydrogens is 484 g/mol. The van der Waals surface area contributed by atoms with Crippen LogP contribution in [0.4, 0.5) is 0 Å². The van der Waals surface area contributed by atoms with E-state index in [1.807, 2.05) is 0 Å². The summed E-state index contributed by atoms with van der Waals surface area (Å²) in [5.74, 6) is -0.368. The smallest absolute Gasteiger partial charge is 0.111 e. The molecule has 0 spiro atoms. The molecule has 0 bridgehead atoms. The first-order valence-electron chi connectivity index (χ1n) is 21.3. The summed E-state index contributed by atoms with van der Waals surface area (Å²) >= 11 is 0. The number of rotatable bonds is 3. The molecule has 2 heteroatoms. The van der Waals surface area contributed by atoms with Crippen molar-refractivity contribution < 1.29 is 24.7 Å². The molecule has 0 aliphatic heterocycles. The normalized spacial score (nSPS) is 18.3. The molecule has 8 rings (SSSR count). The van der Waals surface area contributed by atoms with E-state index in [1.165, 1.54) is 16.7 Å². The van der Waals surface area contributed by atoms with E-state index in [4.69, 9.17) is 17.8 Å². The fraction of sp³-hybridized carbons (Fsp3) is 0.0263. The van der Waals surface area contributed by atoms with E-state index < -0.39 is 130 Å². The van der Waals surface area contributed by atoms with Gasteiger partial charge in [-0.3, -0.25) is 4.57 Å². The number of benzene rings is 7. The Morgan fingerprint density at radius 2 is 1.15 bits per heavy atom. The molecule has 2 nitrogen and oxygen atoms in total. The second-order valence-electron chi connectivity index (χ2n) is 9.03. The fourth-order valence-corrected chi connectivity index (χ4v) is 5.29. The van der Waals surface area contributed by atoms with Gasteiger partial charge in [0.05, 0.1) is 37.3 Å². The van der Waals surface area contributed by atoms with Gasteiger partial charge >= 0.3 is 0 Å². The Morgan fingerprint density at radius 3 is 1.88 bits per heavy atom. The summed E-state index contributed by atoms with van der Waals surface area (Å²) in [5, 5.41) is -2.46. The maximum absolute atomic E-state index is 9.39. The molecule has 0 atom stereocenters. The molecule has 0 fully saturated rings. The van der Waals surface area contributed by atoms with Crippen LogP contribution in [-0.4, -0.2) is 9.55 Å². The van der Waals surface area contributed by atoms with Crippen molar-refractivity contribution in [3.05, 3.63) is 145 Å². The highest BCUT2D eigenvalue weighted by Gasteiger charge is 2.20. The van der Waals surface area contributed by atoms with Gasteiger partial charge in [0.25, 0.3) is 0 Å². The molecule has 0 saturated heterocycles. The number of aromatic nitrogens is 2. The molecule has 0 unspecified atom stereocenters. The van der Waals surface area contributed by atoms with Gasteiger partial charge in [0.1, 0.15) is 5.82 Å². The number of hydrogen-bond acceptors (Lipinski definition) is 1. The van der Waals surface area contributed by atoms with Crippen LogP contribution in [0.5, 0.6) is 0 Å². The lowest BCUT2D eigenvalue weighted by Crippen LogP contribution is -2.00. The summed E-state index contributed by atoms with van der Waals surface area (Å²) in [6.45, 7) is -2.79. The predicted molar refractivity (Wildman–Crippen MR) is 169 cm³/mol. The van der Waals surface area contributed by atoms with Gasteiger partial charge in [-0.1, -0.05) is 121 Å². The zero-order chi connectivity index (χ0) is 42.2. The summed E-state index contributed by atoms with van der Waals surface area (Å²) < 4.78 is 161. The van der Waals surface area contributed by atoms with Gasteiger partial charge in [0.2, 0.25) is 0 Å². The molecule has 7 aromatic carbocycles. The molecule has 0 aliphatic rings. The van der Waals surface area contributed by atoms with Crippen molar-refractivity contribution in [1.29, 1.82) is 0 Å². The van der Waals surface area contributed by atoms with Gasteiger partial charge in [0.15, 0.2) is 0 Å². The van der Waals surface area contributed by atoms with E-state index in [9.17, 15) is 6.85 Å². The lowest BCUT2D eigenvalue weighted by atomic mass is 9.84. The topological polar surface area (TPSA) is 17.8 Å². The summed E-state index contributed by atoms with van der Waals surface area (Å²) in [5.41, 5.74) is -0.306. The van der Waals surface area contributed by atoms with Crippen LogP contribution in [0.1, 0.15) is 30.5 Å². The number of fused-ring (bicyclic) bond motifs is 4. The molecule has 0 N–H and O–H groups in total. The number of nitrogens with zero attached hydrogens (tertiary/aromatic N) is 2. The number of aryl methyl sites for hydroxylation is 1. The molecule has 8 aromatic rings. The predicted octanol–water partition coefficient (Wildman–Crippen LogP) is 10.1. The number of imidazole rings is 1. The van der Waals surface area contributed by atoms with Crippen LogP contribution < -0.4 is 0 Å². The van der Waals surface area contributed by atoms with Crippen LogP contribution in [0.3, 0.4) is 0 Å². The van der Waals surface area contributed by atoms with Crippen LogP contribution >= 0.6 is 0 Å². The summed E-state index contributed by atoms with van der Waals surface area (Å²) in [7, 11) is 0. The van der Waals surface area contributed by atoms with Crippen LogP contribution in [0.15, 0.2) is 139 Å². The lowest BCUT2D eigenvalue weighted by Gasteiger charge is -2.21. The van der Waals surface area contributed by atoms with Gasteiger partial charge in [-0.2, -0.15) is 0 Å². The highest BCUT2D eigenvalue weighted by Crippen LogP contribution is 2.46.